The van der Waals surface area contributed by atoms with E-state index in [9.17, 15) is 24.3 Å². The molecule has 0 bridgehead atoms. The standard InChI is InChI=1S/C22H23N5O5S2/c28-15(11-34-22-23-5-1-6-24-22)25-16-19(30)27-17(21(31)32)14(10-33-20(16)27)8-13-4-7-26(18(13)29)9-12-2-3-12/h1,5-6,8,12,16,20H,2-4,7,9-11H2,(H,25,28)(H,31,32)/b13-8+/t16-,20-/m1/s1. The number of β-lactam (4-membered cyclic amide) rings is 1. The number of carbonyl (C=O) groups is 4. The lowest BCUT2D eigenvalue weighted by atomic mass is 10.0. The number of likely N-dealkylation sites (tertiary alicyclic amines) is 1. The number of hydrogen-bond donors (Lipinski definition) is 2. The van der Waals surface area contributed by atoms with Crippen molar-refractivity contribution in [3.8, 4) is 0 Å². The molecule has 1 aromatic rings. The lowest BCUT2D eigenvalue weighted by Crippen LogP contribution is -2.70. The maximum Gasteiger partial charge on any atom is 0.352 e. The predicted molar refractivity (Wildman–Crippen MR) is 124 cm³/mol. The Labute approximate surface area is 204 Å². The zero-order valence-electron chi connectivity index (χ0n) is 18.2. The number of carboxylic acid groups (broad SMARTS) is 1. The summed E-state index contributed by atoms with van der Waals surface area (Å²) in [6.45, 7) is 1.41. The number of nitrogens with one attached hydrogen (secondary N) is 1. The first kappa shape index (κ1) is 22.9. The summed E-state index contributed by atoms with van der Waals surface area (Å²) in [5.74, 6) is -1.10. The number of aliphatic carboxylic acids is 1. The molecule has 3 fully saturated rings. The van der Waals surface area contributed by atoms with E-state index >= 15 is 0 Å². The second kappa shape index (κ2) is 9.41. The third-order valence-electron chi connectivity index (χ3n) is 6.13. The second-order valence-electron chi connectivity index (χ2n) is 8.57. The average Bonchev–Trinajstić information content (AvgIpc) is 3.60. The van der Waals surface area contributed by atoms with E-state index in [0.717, 1.165) is 31.1 Å². The van der Waals surface area contributed by atoms with Crippen LogP contribution in [0.25, 0.3) is 0 Å². The second-order valence-corrected chi connectivity index (χ2v) is 10.6. The number of fused-ring (bicyclic) bond motifs is 1. The van der Waals surface area contributed by atoms with Gasteiger partial charge in [-0.25, -0.2) is 14.8 Å². The van der Waals surface area contributed by atoms with Gasteiger partial charge >= 0.3 is 5.97 Å². The van der Waals surface area contributed by atoms with Crippen molar-refractivity contribution in [1.82, 2.24) is 25.1 Å². The molecular formula is C22H23N5O5S2. The van der Waals surface area contributed by atoms with Crippen molar-refractivity contribution in [1.29, 1.82) is 0 Å². The Kier molecular flexibility index (Phi) is 6.34. The Hall–Kier alpha value is -2.86. The summed E-state index contributed by atoms with van der Waals surface area (Å²) in [5, 5.41) is 12.5. The highest BCUT2D eigenvalue weighted by molar-refractivity contribution is 8.00. The van der Waals surface area contributed by atoms with Gasteiger partial charge in [0, 0.05) is 36.8 Å². The molecule has 178 valence electrons. The van der Waals surface area contributed by atoms with Crippen molar-refractivity contribution in [2.45, 2.75) is 35.8 Å². The summed E-state index contributed by atoms with van der Waals surface area (Å²) in [7, 11) is 0. The Morgan fingerprint density at radius 3 is 2.74 bits per heavy atom. The van der Waals surface area contributed by atoms with Gasteiger partial charge in [-0.05, 0) is 42.9 Å². The Balaban J connectivity index is 1.25. The SMILES string of the molecule is O=C(CSc1ncccn1)N[C@@H]1C(=O)N2C(C(=O)O)=C(/C=C3\CCN(CC4CC4)C3=O)CS[C@H]12. The fourth-order valence-corrected chi connectivity index (χ4v) is 6.18. The molecule has 1 aliphatic carbocycles. The molecule has 0 radical (unpaired) electrons. The quantitative estimate of drug-likeness (QED) is 0.230. The van der Waals surface area contributed by atoms with Crippen molar-refractivity contribution in [2.24, 2.45) is 5.92 Å². The number of carbonyl (C=O) groups excluding carboxylic acids is 3. The van der Waals surface area contributed by atoms with Crippen LogP contribution in [0.1, 0.15) is 19.3 Å². The summed E-state index contributed by atoms with van der Waals surface area (Å²) < 4.78 is 0. The molecular weight excluding hydrogens is 478 g/mol. The van der Waals surface area contributed by atoms with Crippen LogP contribution in [0, 0.1) is 5.92 Å². The summed E-state index contributed by atoms with van der Waals surface area (Å²) in [4.78, 5) is 61.1. The van der Waals surface area contributed by atoms with Crippen LogP contribution >= 0.6 is 23.5 Å². The smallest absolute Gasteiger partial charge is 0.352 e. The average molecular weight is 502 g/mol. The zero-order chi connectivity index (χ0) is 23.8. The van der Waals surface area contributed by atoms with Gasteiger partial charge in [0.15, 0.2) is 5.16 Å². The van der Waals surface area contributed by atoms with E-state index in [0.29, 0.717) is 40.9 Å². The van der Waals surface area contributed by atoms with E-state index in [4.69, 9.17) is 0 Å². The molecule has 0 aromatic carbocycles. The van der Waals surface area contributed by atoms with Gasteiger partial charge < -0.3 is 15.3 Å². The number of aromatic nitrogens is 2. The number of hydrogen-bond acceptors (Lipinski definition) is 8. The zero-order valence-corrected chi connectivity index (χ0v) is 19.8. The lowest BCUT2D eigenvalue weighted by Gasteiger charge is -2.49. The molecule has 2 N–H and O–H groups in total. The third-order valence-corrected chi connectivity index (χ3v) is 8.31. The monoisotopic (exact) mass is 501 g/mol. The van der Waals surface area contributed by atoms with Gasteiger partial charge in [-0.15, -0.1) is 11.8 Å². The van der Waals surface area contributed by atoms with Gasteiger partial charge in [-0.1, -0.05) is 11.8 Å². The molecule has 1 aromatic heterocycles. The number of allylic oxidation sites excluding steroid dienone is 1. The topological polar surface area (TPSA) is 133 Å². The number of amides is 3. The van der Waals surface area contributed by atoms with Crippen LogP contribution in [0.3, 0.4) is 0 Å². The summed E-state index contributed by atoms with van der Waals surface area (Å²) in [6.07, 6.45) is 7.69. The van der Waals surface area contributed by atoms with E-state index < -0.39 is 23.3 Å². The summed E-state index contributed by atoms with van der Waals surface area (Å²) in [6, 6.07) is 0.886. The number of nitrogens with zero attached hydrogens (tertiary/aromatic N) is 4. The highest BCUT2D eigenvalue weighted by Crippen LogP contribution is 2.41. The largest absolute Gasteiger partial charge is 0.477 e. The van der Waals surface area contributed by atoms with Gasteiger partial charge in [-0.3, -0.25) is 19.3 Å². The van der Waals surface area contributed by atoms with Crippen LogP contribution in [-0.4, -0.2) is 84.6 Å². The number of rotatable bonds is 8. The highest BCUT2D eigenvalue weighted by Gasteiger charge is 2.54. The molecule has 0 spiro atoms. The molecule has 5 rings (SSSR count). The van der Waals surface area contributed by atoms with Crippen molar-refractivity contribution >= 4 is 47.2 Å². The molecule has 2 atom stereocenters. The summed E-state index contributed by atoms with van der Waals surface area (Å²) in [5.41, 5.74) is 0.943. The predicted octanol–water partition coefficient (Wildman–Crippen LogP) is 0.876. The van der Waals surface area contributed by atoms with Crippen LogP contribution in [0.2, 0.25) is 0 Å². The maximum absolute atomic E-state index is 12.8. The van der Waals surface area contributed by atoms with Crippen LogP contribution in [0.4, 0.5) is 0 Å². The number of carboxylic acids is 1. The minimum Gasteiger partial charge on any atom is -0.477 e. The Bertz CT molecular complexity index is 1100. The Morgan fingerprint density at radius 1 is 1.26 bits per heavy atom. The van der Waals surface area contributed by atoms with Crippen LogP contribution in [0.5, 0.6) is 0 Å². The minimum absolute atomic E-state index is 0.0452. The molecule has 3 aliphatic heterocycles. The van der Waals surface area contributed by atoms with E-state index in [1.54, 1.807) is 24.5 Å². The van der Waals surface area contributed by atoms with Crippen molar-refractivity contribution in [3.63, 3.8) is 0 Å². The van der Waals surface area contributed by atoms with Crippen LogP contribution in [-0.2, 0) is 19.2 Å². The molecule has 4 heterocycles. The van der Waals surface area contributed by atoms with Gasteiger partial charge in [0.1, 0.15) is 17.1 Å². The summed E-state index contributed by atoms with van der Waals surface area (Å²) >= 11 is 2.54. The van der Waals surface area contributed by atoms with E-state index in [-0.39, 0.29) is 23.3 Å². The normalized spacial score (nSPS) is 25.5. The first-order valence-electron chi connectivity index (χ1n) is 11.0. The van der Waals surface area contributed by atoms with Crippen molar-refractivity contribution in [2.75, 3.05) is 24.6 Å². The molecule has 0 unspecified atom stereocenters. The highest BCUT2D eigenvalue weighted by atomic mass is 32.2. The first-order chi connectivity index (χ1) is 16.4. The fraction of sp³-hybridized carbons (Fsp3) is 0.455. The third kappa shape index (κ3) is 4.56. The molecule has 12 heteroatoms. The number of thioether (sulfide) groups is 2. The molecule has 3 amide bonds. The van der Waals surface area contributed by atoms with Gasteiger partial charge in [0.05, 0.1) is 5.75 Å². The molecule has 2 saturated heterocycles. The molecule has 10 nitrogen and oxygen atoms in total. The fourth-order valence-electron chi connectivity index (χ4n) is 4.26. The lowest BCUT2D eigenvalue weighted by molar-refractivity contribution is -0.150. The molecule has 34 heavy (non-hydrogen) atoms. The molecule has 4 aliphatic rings. The van der Waals surface area contributed by atoms with Gasteiger partial charge in [-0.2, -0.15) is 0 Å². The minimum atomic E-state index is -1.22. The van der Waals surface area contributed by atoms with Crippen molar-refractivity contribution < 1.29 is 24.3 Å². The van der Waals surface area contributed by atoms with Crippen LogP contribution in [0.15, 0.2) is 46.5 Å². The van der Waals surface area contributed by atoms with Gasteiger partial charge in [0.2, 0.25) is 11.8 Å². The van der Waals surface area contributed by atoms with E-state index in [2.05, 4.69) is 15.3 Å². The Morgan fingerprint density at radius 2 is 2.03 bits per heavy atom. The first-order valence-corrected chi connectivity index (χ1v) is 13.1. The van der Waals surface area contributed by atoms with Gasteiger partial charge in [0.25, 0.3) is 5.91 Å². The maximum atomic E-state index is 12.8. The van der Waals surface area contributed by atoms with Crippen LogP contribution < -0.4 is 5.32 Å². The van der Waals surface area contributed by atoms with E-state index in [1.165, 1.54) is 16.7 Å². The van der Waals surface area contributed by atoms with E-state index in [1.807, 2.05) is 4.90 Å². The van der Waals surface area contributed by atoms with Crippen molar-refractivity contribution in [3.05, 3.63) is 41.4 Å². The molecule has 1 saturated carbocycles.